The first-order valence-electron chi connectivity index (χ1n) is 5.35. The van der Waals surface area contributed by atoms with Gasteiger partial charge in [-0.25, -0.2) is 13.3 Å². The van der Waals surface area contributed by atoms with Crippen molar-refractivity contribution in [3.8, 4) is 5.75 Å². The first-order chi connectivity index (χ1) is 7.71. The molecule has 17 heavy (non-hydrogen) atoms. The summed E-state index contributed by atoms with van der Waals surface area (Å²) in [7, 11) is -1.24. The number of phenolic OH excluding ortho intramolecular Hbond substituents is 1. The van der Waals surface area contributed by atoms with Gasteiger partial charge in [-0.2, -0.15) is 0 Å². The van der Waals surface area contributed by atoms with Gasteiger partial charge in [0.25, 0.3) is 0 Å². The minimum Gasteiger partial charge on any atom is -0.508 e. The van der Waals surface area contributed by atoms with Crippen LogP contribution in [-0.2, 0) is 17.5 Å². The molecule has 1 atom stereocenters. The van der Waals surface area contributed by atoms with E-state index in [2.05, 4.69) is 4.72 Å². The summed E-state index contributed by atoms with van der Waals surface area (Å²) in [6.07, 6.45) is 0. The third-order valence-electron chi connectivity index (χ3n) is 2.31. The first-order valence-corrected chi connectivity index (χ1v) is 6.50. The molecular formula is C12H18FNO2S. The molecule has 0 amide bonds. The highest BCUT2D eigenvalue weighted by Crippen LogP contribution is 2.21. The van der Waals surface area contributed by atoms with Crippen LogP contribution in [0.25, 0.3) is 0 Å². The van der Waals surface area contributed by atoms with Crippen molar-refractivity contribution in [2.45, 2.75) is 39.0 Å². The number of aryl methyl sites for hydroxylation is 1. The highest BCUT2D eigenvalue weighted by atomic mass is 32.2. The highest BCUT2D eigenvalue weighted by molar-refractivity contribution is 7.84. The Bertz CT molecular complexity index is 441. The van der Waals surface area contributed by atoms with Crippen molar-refractivity contribution < 1.29 is 13.7 Å². The lowest BCUT2D eigenvalue weighted by Gasteiger charge is -2.18. The number of phenols is 1. The minimum atomic E-state index is -1.24. The van der Waals surface area contributed by atoms with Gasteiger partial charge in [-0.1, -0.05) is 0 Å². The molecule has 3 nitrogen and oxygen atoms in total. The number of halogens is 1. The summed E-state index contributed by atoms with van der Waals surface area (Å²) < 4.78 is 27.6. The molecule has 0 aliphatic rings. The maximum absolute atomic E-state index is 13.5. The quantitative estimate of drug-likeness (QED) is 0.875. The van der Waals surface area contributed by atoms with E-state index in [0.29, 0.717) is 11.1 Å². The van der Waals surface area contributed by atoms with Gasteiger partial charge >= 0.3 is 0 Å². The molecule has 0 heterocycles. The lowest BCUT2D eigenvalue weighted by atomic mass is 10.1. The third kappa shape index (κ3) is 3.78. The second kappa shape index (κ2) is 5.14. The topological polar surface area (TPSA) is 49.3 Å². The van der Waals surface area contributed by atoms with Gasteiger partial charge in [0.1, 0.15) is 11.6 Å². The number of rotatable bonds is 3. The second-order valence-electron chi connectivity index (χ2n) is 4.93. The molecular weight excluding hydrogens is 241 g/mol. The Morgan fingerprint density at radius 1 is 1.41 bits per heavy atom. The molecule has 0 saturated heterocycles. The summed E-state index contributed by atoms with van der Waals surface area (Å²) >= 11 is 0. The van der Waals surface area contributed by atoms with Crippen molar-refractivity contribution in [2.75, 3.05) is 0 Å². The van der Waals surface area contributed by atoms with E-state index in [-0.39, 0.29) is 17.0 Å². The molecule has 1 rings (SSSR count). The van der Waals surface area contributed by atoms with E-state index in [4.69, 9.17) is 0 Å². The maximum atomic E-state index is 13.5. The van der Waals surface area contributed by atoms with Crippen molar-refractivity contribution in [1.82, 2.24) is 4.72 Å². The molecule has 0 bridgehead atoms. The predicted molar refractivity (Wildman–Crippen MR) is 67.5 cm³/mol. The maximum Gasteiger partial charge on any atom is 0.131 e. The van der Waals surface area contributed by atoms with Crippen molar-refractivity contribution in [3.05, 3.63) is 29.1 Å². The van der Waals surface area contributed by atoms with Crippen LogP contribution < -0.4 is 4.72 Å². The number of aromatic hydroxyl groups is 1. The van der Waals surface area contributed by atoms with E-state index in [1.807, 2.05) is 20.8 Å². The molecule has 0 aliphatic carbocycles. The Hall–Kier alpha value is -0.940. The van der Waals surface area contributed by atoms with Gasteiger partial charge in [-0.3, -0.25) is 0 Å². The molecule has 1 aromatic rings. The lowest BCUT2D eigenvalue weighted by Crippen LogP contribution is -2.33. The van der Waals surface area contributed by atoms with Gasteiger partial charge in [-0.15, -0.1) is 0 Å². The molecule has 1 aromatic carbocycles. The fraction of sp³-hybridized carbons (Fsp3) is 0.500. The zero-order chi connectivity index (χ0) is 13.2. The standard InChI is InChI=1S/C12H18FNO2S/c1-8-5-9(10(13)6-11(8)15)7-14-17(16)12(2,3)4/h5-6,14-15H,7H2,1-4H3. The van der Waals surface area contributed by atoms with Crippen LogP contribution in [0.15, 0.2) is 12.1 Å². The van der Waals surface area contributed by atoms with Crippen molar-refractivity contribution >= 4 is 11.0 Å². The molecule has 0 spiro atoms. The van der Waals surface area contributed by atoms with E-state index < -0.39 is 16.8 Å². The van der Waals surface area contributed by atoms with Crippen LogP contribution in [0.3, 0.4) is 0 Å². The summed E-state index contributed by atoms with van der Waals surface area (Å²) in [6, 6.07) is 2.63. The van der Waals surface area contributed by atoms with E-state index in [9.17, 15) is 13.7 Å². The van der Waals surface area contributed by atoms with Gasteiger partial charge in [0.05, 0.1) is 15.7 Å². The van der Waals surface area contributed by atoms with E-state index >= 15 is 0 Å². The smallest absolute Gasteiger partial charge is 0.131 e. The summed E-state index contributed by atoms with van der Waals surface area (Å²) in [4.78, 5) is 0. The molecule has 2 N–H and O–H groups in total. The van der Waals surface area contributed by atoms with Crippen molar-refractivity contribution in [2.24, 2.45) is 0 Å². The van der Waals surface area contributed by atoms with Crippen LogP contribution in [0.1, 0.15) is 31.9 Å². The van der Waals surface area contributed by atoms with Crippen molar-refractivity contribution in [1.29, 1.82) is 0 Å². The SMILES string of the molecule is Cc1cc(CNS(=O)C(C)(C)C)c(F)cc1O. The van der Waals surface area contributed by atoms with Gasteiger partial charge in [-0.05, 0) is 39.3 Å². The Labute approximate surface area is 104 Å². The summed E-state index contributed by atoms with van der Waals surface area (Å²) in [5.41, 5.74) is 1.00. The molecule has 96 valence electrons. The average molecular weight is 259 g/mol. The minimum absolute atomic E-state index is 0.0665. The first kappa shape index (κ1) is 14.1. The third-order valence-corrected chi connectivity index (χ3v) is 3.83. The Balaban J connectivity index is 2.77. The largest absolute Gasteiger partial charge is 0.508 e. The Kier molecular flexibility index (Phi) is 4.27. The molecule has 1 unspecified atom stereocenters. The molecule has 0 radical (unpaired) electrons. The van der Waals surface area contributed by atoms with Gasteiger partial charge in [0, 0.05) is 18.2 Å². The predicted octanol–water partition coefficient (Wildman–Crippen LogP) is 2.39. The fourth-order valence-corrected chi connectivity index (χ4v) is 1.95. The van der Waals surface area contributed by atoms with Crippen LogP contribution in [-0.4, -0.2) is 14.1 Å². The van der Waals surface area contributed by atoms with Gasteiger partial charge in [0.15, 0.2) is 0 Å². The average Bonchev–Trinajstić information content (AvgIpc) is 2.19. The lowest BCUT2D eigenvalue weighted by molar-refractivity contribution is 0.463. The van der Waals surface area contributed by atoms with Crippen LogP contribution in [0.5, 0.6) is 5.75 Å². The Morgan fingerprint density at radius 3 is 2.53 bits per heavy atom. The number of nitrogens with one attached hydrogen (secondary N) is 1. The number of benzene rings is 1. The zero-order valence-electron chi connectivity index (χ0n) is 10.5. The van der Waals surface area contributed by atoms with Crippen molar-refractivity contribution in [3.63, 3.8) is 0 Å². The fourth-order valence-electron chi connectivity index (χ4n) is 1.23. The van der Waals surface area contributed by atoms with E-state index in [1.54, 1.807) is 13.0 Å². The monoisotopic (exact) mass is 259 g/mol. The second-order valence-corrected chi connectivity index (χ2v) is 6.98. The van der Waals surface area contributed by atoms with Gasteiger partial charge < -0.3 is 5.11 Å². The Morgan fingerprint density at radius 2 is 2.00 bits per heavy atom. The molecule has 5 heteroatoms. The van der Waals surface area contributed by atoms with E-state index in [1.165, 1.54) is 0 Å². The molecule has 0 fully saturated rings. The summed E-state index contributed by atoms with van der Waals surface area (Å²) in [5.74, 6) is -0.560. The normalized spacial score (nSPS) is 13.7. The number of hydrogen-bond donors (Lipinski definition) is 2. The highest BCUT2D eigenvalue weighted by Gasteiger charge is 2.19. The van der Waals surface area contributed by atoms with Crippen LogP contribution in [0.2, 0.25) is 0 Å². The summed E-state index contributed by atoms with van der Waals surface area (Å²) in [5, 5.41) is 9.31. The molecule has 0 aliphatic heterocycles. The summed E-state index contributed by atoms with van der Waals surface area (Å²) in [6.45, 7) is 7.40. The van der Waals surface area contributed by atoms with E-state index in [0.717, 1.165) is 6.07 Å². The number of hydrogen-bond acceptors (Lipinski definition) is 2. The van der Waals surface area contributed by atoms with Crippen LogP contribution >= 0.6 is 0 Å². The van der Waals surface area contributed by atoms with Crippen LogP contribution in [0, 0.1) is 12.7 Å². The zero-order valence-corrected chi connectivity index (χ0v) is 11.3. The molecule has 0 saturated carbocycles. The molecule has 0 aromatic heterocycles. The van der Waals surface area contributed by atoms with Gasteiger partial charge in [0.2, 0.25) is 0 Å². The van der Waals surface area contributed by atoms with Crippen LogP contribution in [0.4, 0.5) is 4.39 Å².